The first-order valence-corrected chi connectivity index (χ1v) is 6.33. The Hall–Kier alpha value is -0.690. The molecule has 1 heterocycles. The highest BCUT2D eigenvalue weighted by atomic mass is 79.9. The minimum absolute atomic E-state index is 0.172. The lowest BCUT2D eigenvalue weighted by atomic mass is 10.2. The molecule has 0 atom stereocenters. The number of rotatable bonds is 1. The van der Waals surface area contributed by atoms with Crippen molar-refractivity contribution in [3.8, 4) is 0 Å². The molecule has 17 heavy (non-hydrogen) atoms. The Bertz CT molecular complexity index is 555. The van der Waals surface area contributed by atoms with Gasteiger partial charge in [0.05, 0.1) is 28.5 Å². The highest BCUT2D eigenvalue weighted by Crippen LogP contribution is 2.32. The van der Waals surface area contributed by atoms with Gasteiger partial charge in [0.25, 0.3) is 0 Å². The van der Waals surface area contributed by atoms with Crippen molar-refractivity contribution in [2.75, 3.05) is 0 Å². The van der Waals surface area contributed by atoms with E-state index in [1.807, 2.05) is 0 Å². The minimum Gasteiger partial charge on any atom is -0.253 e. The quantitative estimate of drug-likeness (QED) is 0.694. The summed E-state index contributed by atoms with van der Waals surface area (Å²) in [6.07, 6.45) is -2.93. The topological polar surface area (TPSA) is 25.8 Å². The SMILES string of the molecule is FC(F)(F)c1ccc2nc(C(Br)Br)cnc2c1. The van der Waals surface area contributed by atoms with Gasteiger partial charge in [-0.3, -0.25) is 4.98 Å². The number of fused-ring (bicyclic) bond motifs is 1. The smallest absolute Gasteiger partial charge is 0.253 e. The number of hydrogen-bond donors (Lipinski definition) is 0. The number of benzene rings is 1. The zero-order valence-corrected chi connectivity index (χ0v) is 11.3. The second-order valence-corrected chi connectivity index (χ2v) is 6.36. The van der Waals surface area contributed by atoms with Gasteiger partial charge >= 0.3 is 6.18 Å². The molecule has 90 valence electrons. The summed E-state index contributed by atoms with van der Waals surface area (Å²) in [5.74, 6) is 0. The van der Waals surface area contributed by atoms with Gasteiger partial charge in [0.2, 0.25) is 0 Å². The predicted molar refractivity (Wildman–Crippen MR) is 65.1 cm³/mol. The lowest BCUT2D eigenvalue weighted by Gasteiger charge is -2.08. The Morgan fingerprint density at radius 2 is 1.82 bits per heavy atom. The van der Waals surface area contributed by atoms with Gasteiger partial charge in [0.1, 0.15) is 3.74 Å². The monoisotopic (exact) mass is 368 g/mol. The summed E-state index contributed by atoms with van der Waals surface area (Å²) in [6.45, 7) is 0. The summed E-state index contributed by atoms with van der Waals surface area (Å²) in [6, 6.07) is 3.30. The van der Waals surface area contributed by atoms with Crippen LogP contribution in [0.5, 0.6) is 0 Å². The molecule has 0 saturated carbocycles. The molecule has 0 bridgehead atoms. The summed E-state index contributed by atoms with van der Waals surface area (Å²) < 4.78 is 37.2. The maximum Gasteiger partial charge on any atom is 0.416 e. The predicted octanol–water partition coefficient (Wildman–Crippen LogP) is 4.44. The molecule has 7 heteroatoms. The summed E-state index contributed by atoms with van der Waals surface area (Å²) in [5.41, 5.74) is 0.544. The fraction of sp³-hybridized carbons (Fsp3) is 0.200. The van der Waals surface area contributed by atoms with Crippen LogP contribution in [0.3, 0.4) is 0 Å². The van der Waals surface area contributed by atoms with Gasteiger partial charge in [-0.1, -0.05) is 31.9 Å². The zero-order valence-electron chi connectivity index (χ0n) is 8.17. The molecular weight excluding hydrogens is 365 g/mol. The lowest BCUT2D eigenvalue weighted by molar-refractivity contribution is -0.137. The molecule has 0 fully saturated rings. The maximum absolute atomic E-state index is 12.5. The molecule has 1 aromatic heterocycles. The van der Waals surface area contributed by atoms with E-state index >= 15 is 0 Å². The third kappa shape index (κ3) is 2.77. The van der Waals surface area contributed by atoms with Gasteiger partial charge in [-0.15, -0.1) is 0 Å². The third-order valence-corrected chi connectivity index (χ3v) is 3.05. The van der Waals surface area contributed by atoms with E-state index in [0.717, 1.165) is 12.1 Å². The molecule has 0 aliphatic heterocycles. The fourth-order valence-corrected chi connectivity index (χ4v) is 1.75. The van der Waals surface area contributed by atoms with Gasteiger partial charge < -0.3 is 0 Å². The molecule has 2 aromatic rings. The fourth-order valence-electron chi connectivity index (χ4n) is 1.31. The van der Waals surface area contributed by atoms with Crippen LogP contribution in [0.2, 0.25) is 0 Å². The number of halogens is 5. The summed E-state index contributed by atoms with van der Waals surface area (Å²) in [5, 5.41) is 0. The third-order valence-electron chi connectivity index (χ3n) is 2.11. The van der Waals surface area contributed by atoms with Crippen LogP contribution in [0.4, 0.5) is 13.2 Å². The van der Waals surface area contributed by atoms with E-state index in [1.54, 1.807) is 0 Å². The Labute approximate surface area is 112 Å². The van der Waals surface area contributed by atoms with Crippen molar-refractivity contribution in [1.82, 2.24) is 9.97 Å². The van der Waals surface area contributed by atoms with Crippen LogP contribution in [0, 0.1) is 0 Å². The van der Waals surface area contributed by atoms with E-state index in [1.165, 1.54) is 12.3 Å². The molecule has 0 aliphatic carbocycles. The molecule has 2 nitrogen and oxygen atoms in total. The molecular formula is C10H5Br2F3N2. The van der Waals surface area contributed by atoms with Gasteiger partial charge in [0.15, 0.2) is 0 Å². The number of alkyl halides is 5. The maximum atomic E-state index is 12.5. The standard InChI is InChI=1S/C10H5Br2F3N2/c11-9(12)8-4-16-7-3-5(10(13,14)15)1-2-6(7)17-8/h1-4,9H. The van der Waals surface area contributed by atoms with Crippen LogP contribution in [-0.2, 0) is 6.18 Å². The van der Waals surface area contributed by atoms with Crippen molar-refractivity contribution in [3.63, 3.8) is 0 Å². The van der Waals surface area contributed by atoms with Crippen LogP contribution in [-0.4, -0.2) is 9.97 Å². The minimum atomic E-state index is -4.36. The summed E-state index contributed by atoms with van der Waals surface area (Å²) in [4.78, 5) is 8.13. The van der Waals surface area contributed by atoms with Gasteiger partial charge in [-0.25, -0.2) is 4.98 Å². The normalized spacial score (nSPS) is 12.4. The van der Waals surface area contributed by atoms with E-state index in [2.05, 4.69) is 41.8 Å². The first kappa shape index (κ1) is 12.8. The number of nitrogens with zero attached hydrogens (tertiary/aromatic N) is 2. The number of aromatic nitrogens is 2. The largest absolute Gasteiger partial charge is 0.416 e. The second kappa shape index (κ2) is 4.53. The van der Waals surface area contributed by atoms with Crippen LogP contribution in [0.15, 0.2) is 24.4 Å². The average Bonchev–Trinajstić information content (AvgIpc) is 2.26. The Morgan fingerprint density at radius 3 is 2.41 bits per heavy atom. The molecule has 0 aliphatic rings. The van der Waals surface area contributed by atoms with Crippen molar-refractivity contribution >= 4 is 42.9 Å². The summed E-state index contributed by atoms with van der Waals surface area (Å²) in [7, 11) is 0. The molecule has 2 rings (SSSR count). The van der Waals surface area contributed by atoms with E-state index in [4.69, 9.17) is 0 Å². The molecule has 0 N–H and O–H groups in total. The molecule has 0 spiro atoms. The second-order valence-electron chi connectivity index (χ2n) is 3.30. The molecule has 0 unspecified atom stereocenters. The van der Waals surface area contributed by atoms with Crippen LogP contribution < -0.4 is 0 Å². The molecule has 0 saturated heterocycles. The lowest BCUT2D eigenvalue weighted by Crippen LogP contribution is -2.05. The molecule has 1 aromatic carbocycles. The molecule has 0 radical (unpaired) electrons. The first-order valence-electron chi connectivity index (χ1n) is 4.50. The van der Waals surface area contributed by atoms with Crippen LogP contribution >= 0.6 is 31.9 Å². The van der Waals surface area contributed by atoms with E-state index < -0.39 is 11.7 Å². The Balaban J connectivity index is 2.54. The zero-order chi connectivity index (χ0) is 12.6. The van der Waals surface area contributed by atoms with Crippen LogP contribution in [0.1, 0.15) is 15.0 Å². The Kier molecular flexibility index (Phi) is 3.40. The van der Waals surface area contributed by atoms with Crippen LogP contribution in [0.25, 0.3) is 11.0 Å². The van der Waals surface area contributed by atoms with E-state index in [9.17, 15) is 13.2 Å². The first-order chi connectivity index (χ1) is 7.88. The van der Waals surface area contributed by atoms with E-state index in [-0.39, 0.29) is 9.25 Å². The molecule has 0 amide bonds. The van der Waals surface area contributed by atoms with Crippen molar-refractivity contribution in [1.29, 1.82) is 0 Å². The highest BCUT2D eigenvalue weighted by molar-refractivity contribution is 9.24. The Morgan fingerprint density at radius 1 is 1.12 bits per heavy atom. The van der Waals surface area contributed by atoms with Gasteiger partial charge in [-0.05, 0) is 18.2 Å². The highest BCUT2D eigenvalue weighted by Gasteiger charge is 2.30. The van der Waals surface area contributed by atoms with Crippen molar-refractivity contribution in [3.05, 3.63) is 35.7 Å². The van der Waals surface area contributed by atoms with E-state index in [0.29, 0.717) is 11.2 Å². The van der Waals surface area contributed by atoms with Gasteiger partial charge in [0, 0.05) is 0 Å². The summed E-state index contributed by atoms with van der Waals surface area (Å²) >= 11 is 6.50. The van der Waals surface area contributed by atoms with Crippen molar-refractivity contribution in [2.45, 2.75) is 9.91 Å². The van der Waals surface area contributed by atoms with Crippen molar-refractivity contribution < 1.29 is 13.2 Å². The van der Waals surface area contributed by atoms with Gasteiger partial charge in [-0.2, -0.15) is 13.2 Å². The average molecular weight is 370 g/mol. The van der Waals surface area contributed by atoms with Crippen molar-refractivity contribution in [2.24, 2.45) is 0 Å². The number of hydrogen-bond acceptors (Lipinski definition) is 2.